The Hall–Kier alpha value is -6.10. The predicted octanol–water partition coefficient (Wildman–Crippen LogP) is 6.18. The average molecular weight is 839 g/mol. The van der Waals surface area contributed by atoms with Crippen LogP contribution >= 0.6 is 0 Å². The van der Waals surface area contributed by atoms with E-state index in [1.165, 1.54) is 7.11 Å². The molecule has 17 heteroatoms. The van der Waals surface area contributed by atoms with Gasteiger partial charge in [0.15, 0.2) is 0 Å². The second-order valence-electron chi connectivity index (χ2n) is 17.2. The summed E-state index contributed by atoms with van der Waals surface area (Å²) in [4.78, 5) is 71.4. The zero-order chi connectivity index (χ0) is 43.3. The largest absolute Gasteiger partial charge is 0.488 e. The van der Waals surface area contributed by atoms with Gasteiger partial charge in [0, 0.05) is 59.0 Å². The Morgan fingerprint density at radius 1 is 0.820 bits per heavy atom. The molecular weight excluding hydrogens is 785 g/mol. The molecular formula is C44H54N8O9. The minimum atomic E-state index is -1.24. The van der Waals surface area contributed by atoms with E-state index in [-0.39, 0.29) is 47.7 Å². The van der Waals surface area contributed by atoms with Crippen molar-refractivity contribution in [2.24, 2.45) is 17.8 Å². The van der Waals surface area contributed by atoms with Gasteiger partial charge in [-0.2, -0.15) is 0 Å². The Labute approximate surface area is 353 Å². The van der Waals surface area contributed by atoms with Crippen LogP contribution in [0.25, 0.3) is 33.6 Å². The maximum atomic E-state index is 13.9. The zero-order valence-electron chi connectivity index (χ0n) is 35.5. The monoisotopic (exact) mass is 838 g/mol. The number of carboxylic acid groups (broad SMARTS) is 1. The van der Waals surface area contributed by atoms with Crippen LogP contribution in [0.1, 0.15) is 88.7 Å². The number of aromatic amines is 2. The van der Waals surface area contributed by atoms with Crippen molar-refractivity contribution in [2.45, 2.75) is 97.3 Å². The van der Waals surface area contributed by atoms with Gasteiger partial charge in [0.2, 0.25) is 11.8 Å². The van der Waals surface area contributed by atoms with Crippen LogP contribution < -0.4 is 20.1 Å². The second-order valence-corrected chi connectivity index (χ2v) is 17.2. The van der Waals surface area contributed by atoms with Crippen molar-refractivity contribution >= 4 is 24.0 Å². The first-order chi connectivity index (χ1) is 29.3. The molecule has 4 aliphatic rings. The fraction of sp³-hybridized carbons (Fsp3) is 0.500. The molecule has 0 spiro atoms. The van der Waals surface area contributed by atoms with Crippen molar-refractivity contribution in [2.75, 3.05) is 27.4 Å². The number of benzene rings is 2. The smallest absolute Gasteiger partial charge is 0.407 e. The third-order valence-corrected chi connectivity index (χ3v) is 12.4. The Morgan fingerprint density at radius 2 is 1.38 bits per heavy atom. The number of methoxy groups -OCH3 is 2. The molecule has 17 nitrogen and oxygen atoms in total. The highest BCUT2D eigenvalue weighted by atomic mass is 16.5. The number of carbonyl (C=O) groups is 4. The fourth-order valence-corrected chi connectivity index (χ4v) is 9.39. The number of carbonyl (C=O) groups excluding carboxylic acids is 3. The normalized spacial score (nSPS) is 21.1. The lowest BCUT2D eigenvalue weighted by Gasteiger charge is -2.33. The Morgan fingerprint density at radius 3 is 1.90 bits per heavy atom. The predicted molar refractivity (Wildman–Crippen MR) is 222 cm³/mol. The van der Waals surface area contributed by atoms with E-state index in [9.17, 15) is 24.3 Å². The van der Waals surface area contributed by atoms with Gasteiger partial charge in [-0.15, -0.1) is 0 Å². The summed E-state index contributed by atoms with van der Waals surface area (Å²) >= 11 is 0. The number of alkyl carbamates (subject to hydrolysis) is 1. The first kappa shape index (κ1) is 41.6. The highest BCUT2D eigenvalue weighted by molar-refractivity contribution is 5.89. The molecule has 0 unspecified atom stereocenters. The molecule has 5 N–H and O–H groups in total. The van der Waals surface area contributed by atoms with E-state index in [0.717, 1.165) is 69.1 Å². The standard InChI is InChI=1S/C44H54N8O9/c1-21(2)37(49-43(55)56)41(53)51-17-24(18-58-6)10-32(51)40-46-16-30(48-40)26-12-28-20-60-33-13-25(11-27-19-61-34(14-26)36(28)35(27)33)29-15-45-39(47-29)31-9-8-23(5)52(31)42(54)38(22(3)4)50-44(57)59-7/h11-16,21-24,31-32,37-38,49H,8-10,17-20H2,1-7H3,(H,45,47)(H,46,48)(H,50,57)(H,55,56)/t23-,24-,31-,32-,37-,38-/m0/s1. The summed E-state index contributed by atoms with van der Waals surface area (Å²) in [6.07, 6.45) is 3.80. The number of aromatic nitrogens is 4. The van der Waals surface area contributed by atoms with Gasteiger partial charge >= 0.3 is 12.2 Å². The van der Waals surface area contributed by atoms with Crippen LogP contribution in [0.15, 0.2) is 36.7 Å². The summed E-state index contributed by atoms with van der Waals surface area (Å²) in [6, 6.07) is 5.83. The molecule has 2 saturated heterocycles. The molecule has 0 radical (unpaired) electrons. The molecule has 4 amide bonds. The lowest BCUT2D eigenvalue weighted by Crippen LogP contribution is -2.52. The highest BCUT2D eigenvalue weighted by Gasteiger charge is 2.43. The van der Waals surface area contributed by atoms with E-state index >= 15 is 0 Å². The first-order valence-corrected chi connectivity index (χ1v) is 20.9. The number of ether oxygens (including phenoxy) is 4. The van der Waals surface area contributed by atoms with Crippen LogP contribution in [0.5, 0.6) is 11.5 Å². The van der Waals surface area contributed by atoms with Gasteiger partial charge in [-0.1, -0.05) is 27.7 Å². The number of nitrogens with zero attached hydrogens (tertiary/aromatic N) is 4. The van der Waals surface area contributed by atoms with Crippen LogP contribution in [-0.4, -0.2) is 104 Å². The summed E-state index contributed by atoms with van der Waals surface area (Å²) in [5.74, 6) is 1.97. The molecule has 324 valence electrons. The van der Waals surface area contributed by atoms with Gasteiger partial charge < -0.3 is 54.5 Å². The fourth-order valence-electron chi connectivity index (χ4n) is 9.39. The number of H-pyrrole nitrogens is 2. The SMILES string of the molecule is COC[C@H]1C[C@@H](c2ncc(-c3cc4c5c(c3)OCc3cc(-c6cnc([C@@H]7CC[C@H](C)N7C(=O)[C@@H](NC(=O)OC)C(C)C)[nH]6)cc(c3-5)OC4)[nH]2)N(C(=O)[C@@H](NC(=O)O)C(C)C)C1. The molecule has 2 aromatic carbocycles. The minimum absolute atomic E-state index is 0.0370. The average Bonchev–Trinajstić information content (AvgIpc) is 4.07. The number of nitrogens with one attached hydrogen (secondary N) is 4. The van der Waals surface area contributed by atoms with Crippen molar-refractivity contribution in [1.82, 2.24) is 40.4 Å². The Kier molecular flexibility index (Phi) is 11.4. The summed E-state index contributed by atoms with van der Waals surface area (Å²) < 4.78 is 23.1. The number of likely N-dealkylation sites (tertiary alicyclic amines) is 2. The van der Waals surface area contributed by atoms with E-state index < -0.39 is 24.3 Å². The molecule has 0 saturated carbocycles. The van der Waals surface area contributed by atoms with Crippen molar-refractivity contribution in [1.29, 1.82) is 0 Å². The van der Waals surface area contributed by atoms with Crippen LogP contribution in [0.4, 0.5) is 9.59 Å². The van der Waals surface area contributed by atoms with Crippen LogP contribution in [-0.2, 0) is 32.3 Å². The van der Waals surface area contributed by atoms with Gasteiger partial charge in [0.05, 0.1) is 49.6 Å². The summed E-state index contributed by atoms with van der Waals surface area (Å²) in [5.41, 5.74) is 7.19. The number of imidazole rings is 2. The first-order valence-electron chi connectivity index (χ1n) is 20.9. The zero-order valence-corrected chi connectivity index (χ0v) is 35.5. The van der Waals surface area contributed by atoms with Crippen LogP contribution in [0.2, 0.25) is 0 Å². The van der Waals surface area contributed by atoms with Crippen LogP contribution in [0.3, 0.4) is 0 Å². The summed E-state index contributed by atoms with van der Waals surface area (Å²) in [5, 5.41) is 14.6. The number of hydrogen-bond acceptors (Lipinski definition) is 10. The molecule has 0 bridgehead atoms. The molecule has 6 atom stereocenters. The number of hydrogen-bond donors (Lipinski definition) is 5. The third kappa shape index (κ3) is 7.86. The van der Waals surface area contributed by atoms with Crippen molar-refractivity contribution in [3.8, 4) is 45.1 Å². The van der Waals surface area contributed by atoms with Crippen molar-refractivity contribution in [3.63, 3.8) is 0 Å². The Bertz CT molecular complexity index is 2290. The molecule has 4 aromatic rings. The van der Waals surface area contributed by atoms with Gasteiger partial charge in [-0.05, 0) is 62.3 Å². The second kappa shape index (κ2) is 16.7. The maximum Gasteiger partial charge on any atom is 0.407 e. The van der Waals surface area contributed by atoms with E-state index in [1.807, 2.05) is 51.7 Å². The molecule has 4 aliphatic heterocycles. The van der Waals surface area contributed by atoms with Gasteiger partial charge in [0.25, 0.3) is 0 Å². The van der Waals surface area contributed by atoms with Crippen molar-refractivity contribution < 1.29 is 43.2 Å². The van der Waals surface area contributed by atoms with E-state index in [0.29, 0.717) is 44.4 Å². The summed E-state index contributed by atoms with van der Waals surface area (Å²) in [7, 11) is 2.91. The third-order valence-electron chi connectivity index (χ3n) is 12.4. The summed E-state index contributed by atoms with van der Waals surface area (Å²) in [6.45, 7) is 11.0. The van der Waals surface area contributed by atoms with Gasteiger partial charge in [-0.25, -0.2) is 19.6 Å². The van der Waals surface area contributed by atoms with E-state index in [2.05, 4.69) is 32.7 Å². The molecule has 0 aliphatic carbocycles. The van der Waals surface area contributed by atoms with E-state index in [1.54, 1.807) is 24.4 Å². The van der Waals surface area contributed by atoms with Crippen LogP contribution in [0, 0.1) is 17.8 Å². The topological polar surface area (TPSA) is 213 Å². The van der Waals surface area contributed by atoms with E-state index in [4.69, 9.17) is 28.9 Å². The minimum Gasteiger partial charge on any atom is -0.488 e. The highest BCUT2D eigenvalue weighted by Crippen LogP contribution is 2.51. The Balaban J connectivity index is 1.04. The van der Waals surface area contributed by atoms with Gasteiger partial charge in [-0.3, -0.25) is 9.59 Å². The quantitative estimate of drug-likeness (QED) is 0.109. The lowest BCUT2D eigenvalue weighted by atomic mass is 9.87. The van der Waals surface area contributed by atoms with Gasteiger partial charge in [0.1, 0.15) is 48.4 Å². The number of amides is 4. The lowest BCUT2D eigenvalue weighted by molar-refractivity contribution is -0.137. The molecule has 61 heavy (non-hydrogen) atoms. The number of rotatable bonds is 12. The van der Waals surface area contributed by atoms with Crippen molar-refractivity contribution in [3.05, 3.63) is 59.4 Å². The molecule has 8 rings (SSSR count). The molecule has 2 aromatic heterocycles. The molecule has 6 heterocycles. The molecule has 2 fully saturated rings. The maximum absolute atomic E-state index is 13.9.